The van der Waals surface area contributed by atoms with Gasteiger partial charge >= 0.3 is 18.6 Å². The quantitative estimate of drug-likeness (QED) is 0.500. The molecular formula is C21H19F2NO7. The third kappa shape index (κ3) is 6.26. The SMILES string of the molecule is COC(=O)c1cc(NC(=O)/C=C\c2cccc(OC)c2OC(F)F)cc(C(=O)OC)c1. The van der Waals surface area contributed by atoms with Crippen molar-refractivity contribution in [3.05, 3.63) is 59.2 Å². The molecule has 10 heteroatoms. The largest absolute Gasteiger partial charge is 0.493 e. The summed E-state index contributed by atoms with van der Waals surface area (Å²) in [7, 11) is 3.63. The fourth-order valence-electron chi connectivity index (χ4n) is 2.56. The number of anilines is 1. The number of carbonyl (C=O) groups is 3. The van der Waals surface area contributed by atoms with Gasteiger partial charge in [-0.2, -0.15) is 8.78 Å². The molecule has 31 heavy (non-hydrogen) atoms. The molecule has 0 aliphatic rings. The molecule has 0 unspecified atom stereocenters. The van der Waals surface area contributed by atoms with Gasteiger partial charge in [0.1, 0.15) is 0 Å². The maximum atomic E-state index is 12.7. The average Bonchev–Trinajstić information content (AvgIpc) is 2.76. The number of carbonyl (C=O) groups excluding carboxylic acids is 3. The molecule has 0 spiro atoms. The van der Waals surface area contributed by atoms with Crippen LogP contribution in [-0.2, 0) is 14.3 Å². The van der Waals surface area contributed by atoms with Crippen LogP contribution in [0.25, 0.3) is 6.08 Å². The molecule has 164 valence electrons. The number of rotatable bonds is 8. The monoisotopic (exact) mass is 435 g/mol. The summed E-state index contributed by atoms with van der Waals surface area (Å²) in [6, 6.07) is 8.30. The number of esters is 2. The Balaban J connectivity index is 2.29. The first-order chi connectivity index (χ1) is 14.8. The number of hydrogen-bond acceptors (Lipinski definition) is 7. The molecule has 0 saturated carbocycles. The van der Waals surface area contributed by atoms with Gasteiger partial charge in [0.25, 0.3) is 0 Å². The molecule has 0 aliphatic carbocycles. The van der Waals surface area contributed by atoms with E-state index in [9.17, 15) is 23.2 Å². The Hall–Kier alpha value is -3.95. The van der Waals surface area contributed by atoms with Gasteiger partial charge in [0, 0.05) is 17.3 Å². The number of halogens is 2. The minimum absolute atomic E-state index is 0.0186. The van der Waals surface area contributed by atoms with Gasteiger partial charge < -0.3 is 24.3 Å². The van der Waals surface area contributed by atoms with Gasteiger partial charge in [-0.1, -0.05) is 12.1 Å². The molecule has 0 saturated heterocycles. The molecule has 0 bridgehead atoms. The van der Waals surface area contributed by atoms with Gasteiger partial charge in [-0.05, 0) is 30.3 Å². The Morgan fingerprint density at radius 1 is 0.968 bits per heavy atom. The lowest BCUT2D eigenvalue weighted by Gasteiger charge is -2.12. The lowest BCUT2D eigenvalue weighted by molar-refractivity contribution is -0.111. The van der Waals surface area contributed by atoms with Gasteiger partial charge in [-0.15, -0.1) is 0 Å². The number of hydrogen-bond donors (Lipinski definition) is 1. The smallest absolute Gasteiger partial charge is 0.387 e. The molecule has 1 N–H and O–H groups in total. The first-order valence-corrected chi connectivity index (χ1v) is 8.71. The highest BCUT2D eigenvalue weighted by atomic mass is 19.3. The molecular weight excluding hydrogens is 416 g/mol. The van der Waals surface area contributed by atoms with E-state index in [-0.39, 0.29) is 33.9 Å². The number of para-hydroxylation sites is 1. The Labute approximate surface area is 176 Å². The molecule has 8 nitrogen and oxygen atoms in total. The molecule has 0 aliphatic heterocycles. The predicted octanol–water partition coefficient (Wildman–Crippen LogP) is 3.52. The van der Waals surface area contributed by atoms with Crippen molar-refractivity contribution >= 4 is 29.6 Å². The van der Waals surface area contributed by atoms with Crippen molar-refractivity contribution in [1.29, 1.82) is 0 Å². The number of alkyl halides is 2. The van der Waals surface area contributed by atoms with Gasteiger partial charge in [0.05, 0.1) is 32.5 Å². The Morgan fingerprint density at radius 2 is 1.58 bits per heavy atom. The standard InChI is InChI=1S/C21H19F2NO7/c1-28-16-6-4-5-12(18(16)31-21(22)23)7-8-17(25)24-15-10-13(19(26)29-2)9-14(11-15)20(27)30-3/h4-11,21H,1-3H3,(H,24,25)/b8-7-. The summed E-state index contributed by atoms with van der Waals surface area (Å²) in [5.74, 6) is -2.27. The molecule has 2 aromatic carbocycles. The maximum absolute atomic E-state index is 12.7. The van der Waals surface area contributed by atoms with Crippen molar-refractivity contribution in [2.75, 3.05) is 26.6 Å². The van der Waals surface area contributed by atoms with Crippen LogP contribution in [0.1, 0.15) is 26.3 Å². The molecule has 0 atom stereocenters. The van der Waals surface area contributed by atoms with Crippen molar-refractivity contribution in [2.45, 2.75) is 6.61 Å². The summed E-state index contributed by atoms with van der Waals surface area (Å²) in [5, 5.41) is 2.48. The first kappa shape index (κ1) is 23.3. The minimum Gasteiger partial charge on any atom is -0.493 e. The molecule has 1 amide bonds. The highest BCUT2D eigenvalue weighted by molar-refractivity contribution is 6.04. The Morgan fingerprint density at radius 3 is 2.10 bits per heavy atom. The Kier molecular flexibility index (Phi) is 8.07. The molecule has 0 heterocycles. The number of ether oxygens (including phenoxy) is 4. The van der Waals surface area contributed by atoms with Crippen LogP contribution in [0.2, 0.25) is 0 Å². The summed E-state index contributed by atoms with van der Waals surface area (Å²) in [6.07, 6.45) is 2.32. The van der Waals surface area contributed by atoms with Crippen LogP contribution in [0.5, 0.6) is 11.5 Å². The lowest BCUT2D eigenvalue weighted by Crippen LogP contribution is -2.12. The van der Waals surface area contributed by atoms with E-state index in [1.807, 2.05) is 0 Å². The van der Waals surface area contributed by atoms with Crippen molar-refractivity contribution < 1.29 is 42.1 Å². The zero-order chi connectivity index (χ0) is 23.0. The molecule has 0 radical (unpaired) electrons. The Bertz CT molecular complexity index is 971. The second-order valence-corrected chi connectivity index (χ2v) is 5.86. The third-order valence-electron chi connectivity index (χ3n) is 3.89. The summed E-state index contributed by atoms with van der Waals surface area (Å²) < 4.78 is 44.2. The van der Waals surface area contributed by atoms with Crippen LogP contribution >= 0.6 is 0 Å². The van der Waals surface area contributed by atoms with E-state index in [4.69, 9.17) is 4.74 Å². The van der Waals surface area contributed by atoms with Crippen LogP contribution in [0.15, 0.2) is 42.5 Å². The molecule has 0 fully saturated rings. The molecule has 2 rings (SSSR count). The van der Waals surface area contributed by atoms with Crippen LogP contribution in [0, 0.1) is 0 Å². The normalized spacial score (nSPS) is 10.6. The highest BCUT2D eigenvalue weighted by Crippen LogP contribution is 2.33. The van der Waals surface area contributed by atoms with Crippen LogP contribution in [0.3, 0.4) is 0 Å². The molecule has 2 aromatic rings. The number of nitrogens with one attached hydrogen (secondary N) is 1. The van der Waals surface area contributed by atoms with Gasteiger partial charge in [-0.25, -0.2) is 9.59 Å². The lowest BCUT2D eigenvalue weighted by atomic mass is 10.1. The second-order valence-electron chi connectivity index (χ2n) is 5.86. The van der Waals surface area contributed by atoms with E-state index < -0.39 is 24.5 Å². The van der Waals surface area contributed by atoms with E-state index in [1.165, 1.54) is 63.8 Å². The predicted molar refractivity (Wildman–Crippen MR) is 106 cm³/mol. The number of amides is 1. The second kappa shape index (κ2) is 10.7. The van der Waals surface area contributed by atoms with Crippen molar-refractivity contribution in [3.63, 3.8) is 0 Å². The fourth-order valence-corrected chi connectivity index (χ4v) is 2.56. The topological polar surface area (TPSA) is 100 Å². The van der Waals surface area contributed by atoms with E-state index in [0.717, 1.165) is 6.08 Å². The third-order valence-corrected chi connectivity index (χ3v) is 3.89. The molecule has 0 aromatic heterocycles. The van der Waals surface area contributed by atoms with E-state index in [1.54, 1.807) is 0 Å². The van der Waals surface area contributed by atoms with Gasteiger partial charge in [0.2, 0.25) is 5.91 Å². The summed E-state index contributed by atoms with van der Waals surface area (Å²) in [6.45, 7) is -3.09. The number of benzene rings is 2. The summed E-state index contributed by atoms with van der Waals surface area (Å²) in [5.41, 5.74) is 0.330. The number of methoxy groups -OCH3 is 3. The summed E-state index contributed by atoms with van der Waals surface area (Å²) >= 11 is 0. The average molecular weight is 435 g/mol. The minimum atomic E-state index is -3.09. The van der Waals surface area contributed by atoms with Crippen LogP contribution in [-0.4, -0.2) is 45.8 Å². The van der Waals surface area contributed by atoms with Crippen molar-refractivity contribution in [3.8, 4) is 11.5 Å². The zero-order valence-electron chi connectivity index (χ0n) is 16.8. The highest BCUT2D eigenvalue weighted by Gasteiger charge is 2.16. The summed E-state index contributed by atoms with van der Waals surface area (Å²) in [4.78, 5) is 36.0. The van der Waals surface area contributed by atoms with Crippen LogP contribution < -0.4 is 14.8 Å². The van der Waals surface area contributed by atoms with E-state index in [0.29, 0.717) is 0 Å². The zero-order valence-corrected chi connectivity index (χ0v) is 16.8. The van der Waals surface area contributed by atoms with Crippen molar-refractivity contribution in [2.24, 2.45) is 0 Å². The fraction of sp³-hybridized carbons (Fsp3) is 0.190. The van der Waals surface area contributed by atoms with Crippen molar-refractivity contribution in [1.82, 2.24) is 0 Å². The van der Waals surface area contributed by atoms with Gasteiger partial charge in [0.15, 0.2) is 11.5 Å². The van der Waals surface area contributed by atoms with Crippen LogP contribution in [0.4, 0.5) is 14.5 Å². The first-order valence-electron chi connectivity index (χ1n) is 8.71. The van der Waals surface area contributed by atoms with E-state index >= 15 is 0 Å². The van der Waals surface area contributed by atoms with E-state index in [2.05, 4.69) is 19.5 Å². The maximum Gasteiger partial charge on any atom is 0.387 e. The van der Waals surface area contributed by atoms with Gasteiger partial charge in [-0.3, -0.25) is 4.79 Å².